The van der Waals surface area contributed by atoms with Crippen molar-refractivity contribution in [2.75, 3.05) is 30.4 Å². The summed E-state index contributed by atoms with van der Waals surface area (Å²) in [5, 5.41) is 6.47. The van der Waals surface area contributed by atoms with Crippen LogP contribution in [0.15, 0.2) is 60.8 Å². The van der Waals surface area contributed by atoms with Gasteiger partial charge in [-0.1, -0.05) is 30.3 Å². The van der Waals surface area contributed by atoms with Crippen molar-refractivity contribution >= 4 is 23.4 Å². The molecule has 1 aliphatic heterocycles. The maximum Gasteiger partial charge on any atom is 0.251 e. The summed E-state index contributed by atoms with van der Waals surface area (Å²) in [6.07, 6.45) is 3.46. The van der Waals surface area contributed by atoms with Crippen LogP contribution in [-0.2, 0) is 0 Å². The quantitative estimate of drug-likeness (QED) is 0.633. The molecule has 0 atom stereocenters. The second-order valence-corrected chi connectivity index (χ2v) is 7.62. The zero-order chi connectivity index (χ0) is 21.6. The van der Waals surface area contributed by atoms with E-state index in [0.29, 0.717) is 11.8 Å². The van der Waals surface area contributed by atoms with Gasteiger partial charge in [-0.3, -0.25) is 4.79 Å². The summed E-state index contributed by atoms with van der Waals surface area (Å²) < 4.78 is 5.40. The van der Waals surface area contributed by atoms with Crippen LogP contribution in [-0.4, -0.2) is 42.1 Å². The summed E-state index contributed by atoms with van der Waals surface area (Å²) in [5.74, 6) is 2.15. The van der Waals surface area contributed by atoms with Crippen molar-refractivity contribution in [2.24, 2.45) is 0 Å². The van der Waals surface area contributed by atoms with Crippen molar-refractivity contribution in [1.29, 1.82) is 0 Å². The van der Waals surface area contributed by atoms with Gasteiger partial charge in [0, 0.05) is 30.9 Å². The van der Waals surface area contributed by atoms with Gasteiger partial charge in [-0.2, -0.15) is 4.98 Å². The molecule has 160 valence electrons. The second kappa shape index (κ2) is 9.47. The maximum absolute atomic E-state index is 12.6. The van der Waals surface area contributed by atoms with Crippen molar-refractivity contribution < 1.29 is 9.53 Å². The number of hydrogen-bond donors (Lipinski definition) is 2. The number of amides is 1. The molecule has 4 rings (SSSR count). The Morgan fingerprint density at radius 1 is 1.06 bits per heavy atom. The maximum atomic E-state index is 12.6. The first kappa shape index (κ1) is 20.7. The molecule has 2 aromatic carbocycles. The first-order chi connectivity index (χ1) is 15.1. The molecule has 1 amide bonds. The number of aromatic nitrogens is 2. The monoisotopic (exact) mass is 417 g/mol. The van der Waals surface area contributed by atoms with Gasteiger partial charge in [-0.15, -0.1) is 0 Å². The molecule has 0 bridgehead atoms. The number of carbonyl (C=O) groups excluding carboxylic acids is 1. The van der Waals surface area contributed by atoms with E-state index in [-0.39, 0.29) is 11.9 Å². The number of ether oxygens (including phenoxy) is 1. The Hall–Kier alpha value is -3.61. The predicted molar refractivity (Wildman–Crippen MR) is 122 cm³/mol. The number of nitrogens with one attached hydrogen (secondary N) is 2. The number of piperidine rings is 1. The molecule has 2 heterocycles. The lowest BCUT2D eigenvalue weighted by atomic mass is 10.0. The number of benzene rings is 2. The van der Waals surface area contributed by atoms with E-state index in [9.17, 15) is 4.79 Å². The molecule has 7 heteroatoms. The van der Waals surface area contributed by atoms with Crippen LogP contribution in [0.5, 0.6) is 5.75 Å². The van der Waals surface area contributed by atoms with Crippen LogP contribution in [0, 0.1) is 6.92 Å². The van der Waals surface area contributed by atoms with E-state index >= 15 is 0 Å². The predicted octanol–water partition coefficient (Wildman–Crippen LogP) is 3.94. The van der Waals surface area contributed by atoms with Crippen molar-refractivity contribution in [1.82, 2.24) is 15.3 Å². The van der Waals surface area contributed by atoms with Gasteiger partial charge in [0.1, 0.15) is 11.6 Å². The van der Waals surface area contributed by atoms with Gasteiger partial charge in [-0.05, 0) is 49.6 Å². The smallest absolute Gasteiger partial charge is 0.251 e. The largest absolute Gasteiger partial charge is 0.495 e. The van der Waals surface area contributed by atoms with Crippen LogP contribution in [0.1, 0.15) is 28.8 Å². The lowest BCUT2D eigenvalue weighted by Gasteiger charge is -2.32. The van der Waals surface area contributed by atoms with Gasteiger partial charge < -0.3 is 20.3 Å². The molecule has 1 aromatic heterocycles. The van der Waals surface area contributed by atoms with Crippen LogP contribution >= 0.6 is 0 Å². The summed E-state index contributed by atoms with van der Waals surface area (Å²) >= 11 is 0. The molecule has 0 saturated carbocycles. The average molecular weight is 418 g/mol. The molecular formula is C24H27N5O2. The number of rotatable bonds is 6. The third kappa shape index (κ3) is 4.94. The van der Waals surface area contributed by atoms with Gasteiger partial charge in [0.25, 0.3) is 5.91 Å². The molecule has 0 radical (unpaired) electrons. The van der Waals surface area contributed by atoms with E-state index in [4.69, 9.17) is 4.74 Å². The Kier molecular flexibility index (Phi) is 6.31. The normalized spacial score (nSPS) is 14.2. The lowest BCUT2D eigenvalue weighted by molar-refractivity contribution is 0.0930. The first-order valence-corrected chi connectivity index (χ1v) is 10.5. The molecule has 0 unspecified atom stereocenters. The van der Waals surface area contributed by atoms with Gasteiger partial charge in [0.05, 0.1) is 12.8 Å². The molecule has 2 N–H and O–H groups in total. The van der Waals surface area contributed by atoms with Crippen LogP contribution in [0.4, 0.5) is 17.5 Å². The molecule has 1 saturated heterocycles. The zero-order valence-corrected chi connectivity index (χ0v) is 17.8. The van der Waals surface area contributed by atoms with Crippen LogP contribution in [0.2, 0.25) is 0 Å². The van der Waals surface area contributed by atoms with Crippen molar-refractivity contribution in [3.63, 3.8) is 0 Å². The topological polar surface area (TPSA) is 79.4 Å². The highest BCUT2D eigenvalue weighted by atomic mass is 16.5. The van der Waals surface area contributed by atoms with Crippen LogP contribution in [0.3, 0.4) is 0 Å². The lowest BCUT2D eigenvalue weighted by Crippen LogP contribution is -2.45. The fraction of sp³-hybridized carbons (Fsp3) is 0.292. The Bertz CT molecular complexity index is 1050. The number of anilines is 3. The molecule has 31 heavy (non-hydrogen) atoms. The van der Waals surface area contributed by atoms with E-state index < -0.39 is 0 Å². The van der Waals surface area contributed by atoms with E-state index in [1.807, 2.05) is 61.5 Å². The molecular weight excluding hydrogens is 390 g/mol. The zero-order valence-electron chi connectivity index (χ0n) is 17.8. The summed E-state index contributed by atoms with van der Waals surface area (Å²) in [6, 6.07) is 17.4. The highest BCUT2D eigenvalue weighted by molar-refractivity contribution is 5.95. The average Bonchev–Trinajstić information content (AvgIpc) is 2.80. The number of carbonyl (C=O) groups is 1. The third-order valence-electron chi connectivity index (χ3n) is 5.52. The van der Waals surface area contributed by atoms with Crippen molar-refractivity contribution in [2.45, 2.75) is 25.8 Å². The minimum absolute atomic E-state index is 0.00388. The molecule has 7 nitrogen and oxygen atoms in total. The molecule has 0 spiro atoms. The molecule has 1 fully saturated rings. The summed E-state index contributed by atoms with van der Waals surface area (Å²) in [5.41, 5.74) is 2.58. The van der Waals surface area contributed by atoms with Gasteiger partial charge in [0.15, 0.2) is 0 Å². The van der Waals surface area contributed by atoms with Crippen molar-refractivity contribution in [3.05, 3.63) is 71.9 Å². The number of aryl methyl sites for hydroxylation is 1. The Balaban J connectivity index is 1.36. The highest BCUT2D eigenvalue weighted by Gasteiger charge is 2.23. The Labute approximate surface area is 182 Å². The Morgan fingerprint density at radius 2 is 1.81 bits per heavy atom. The number of hydrogen-bond acceptors (Lipinski definition) is 6. The summed E-state index contributed by atoms with van der Waals surface area (Å²) in [7, 11) is 1.65. The number of nitrogens with zero attached hydrogens (tertiary/aromatic N) is 3. The second-order valence-electron chi connectivity index (χ2n) is 7.62. The van der Waals surface area contributed by atoms with Gasteiger partial charge >= 0.3 is 0 Å². The van der Waals surface area contributed by atoms with Gasteiger partial charge in [0.2, 0.25) is 5.95 Å². The summed E-state index contributed by atoms with van der Waals surface area (Å²) in [6.45, 7) is 3.54. The van der Waals surface area contributed by atoms with E-state index in [2.05, 4.69) is 25.5 Å². The van der Waals surface area contributed by atoms with Crippen LogP contribution < -0.4 is 20.3 Å². The fourth-order valence-electron chi connectivity index (χ4n) is 3.77. The number of para-hydroxylation sites is 2. The van der Waals surface area contributed by atoms with E-state index in [0.717, 1.165) is 48.5 Å². The standard InChI is InChI=1S/C24H27N5O2/c1-17-7-3-4-8-19(17)23(30)26-18-12-15-29(16-13-18)24-25-14-11-22(28-24)27-20-9-5-6-10-21(20)31-2/h3-11,14,18H,12-13,15-16H2,1-2H3,(H,26,30)(H,25,27,28). The minimum Gasteiger partial charge on any atom is -0.495 e. The summed E-state index contributed by atoms with van der Waals surface area (Å²) in [4.78, 5) is 23.9. The van der Waals surface area contributed by atoms with Crippen molar-refractivity contribution in [3.8, 4) is 5.75 Å². The third-order valence-corrected chi connectivity index (χ3v) is 5.52. The fourth-order valence-corrected chi connectivity index (χ4v) is 3.77. The first-order valence-electron chi connectivity index (χ1n) is 10.5. The Morgan fingerprint density at radius 3 is 2.58 bits per heavy atom. The van der Waals surface area contributed by atoms with Crippen LogP contribution in [0.25, 0.3) is 0 Å². The molecule has 0 aliphatic carbocycles. The SMILES string of the molecule is COc1ccccc1Nc1ccnc(N2CCC(NC(=O)c3ccccc3C)CC2)n1. The van der Waals surface area contributed by atoms with E-state index in [1.165, 1.54) is 0 Å². The molecule has 1 aliphatic rings. The molecule has 3 aromatic rings. The van der Waals surface area contributed by atoms with E-state index in [1.54, 1.807) is 13.3 Å². The number of methoxy groups -OCH3 is 1. The highest BCUT2D eigenvalue weighted by Crippen LogP contribution is 2.27. The minimum atomic E-state index is -0.00388. The van der Waals surface area contributed by atoms with Gasteiger partial charge in [-0.25, -0.2) is 4.98 Å².